The zero-order valence-electron chi connectivity index (χ0n) is 8.23. The molecule has 0 aliphatic heterocycles. The Morgan fingerprint density at radius 2 is 2.06 bits per heavy atom. The molecule has 4 nitrogen and oxygen atoms in total. The van der Waals surface area contributed by atoms with Crippen LogP contribution in [0.4, 0.5) is 0 Å². The minimum Gasteiger partial charge on any atom is -0.481 e. The zero-order valence-corrected chi connectivity index (χ0v) is 9.74. The van der Waals surface area contributed by atoms with Gasteiger partial charge in [0.05, 0.1) is 12.5 Å². The number of rotatable bonds is 4. The molecule has 4 N–H and O–H groups in total. The summed E-state index contributed by atoms with van der Waals surface area (Å²) < 4.78 is 0. The summed E-state index contributed by atoms with van der Waals surface area (Å²) in [4.78, 5) is 10.4. The van der Waals surface area contributed by atoms with E-state index in [1.165, 1.54) is 12.1 Å². The van der Waals surface area contributed by atoms with Gasteiger partial charge in [-0.2, -0.15) is 0 Å². The van der Waals surface area contributed by atoms with Crippen LogP contribution in [0.1, 0.15) is 18.1 Å². The second kappa shape index (κ2) is 5.50. The van der Waals surface area contributed by atoms with Crippen molar-refractivity contribution in [2.24, 2.45) is 5.73 Å². The standard InChI is InChI=1S/C10H11Cl2NO3/c11-5-1-2-6(7(12)3-5)10(16)8(13)4-9(14)15/h1-3,8,10,16H,4,13H2,(H,14,15). The first kappa shape index (κ1) is 13.3. The van der Waals surface area contributed by atoms with Crippen LogP contribution in [0.3, 0.4) is 0 Å². The molecule has 0 bridgehead atoms. The molecule has 0 aliphatic carbocycles. The van der Waals surface area contributed by atoms with Crippen molar-refractivity contribution in [2.45, 2.75) is 18.6 Å². The van der Waals surface area contributed by atoms with E-state index in [2.05, 4.69) is 0 Å². The van der Waals surface area contributed by atoms with Crippen molar-refractivity contribution in [2.75, 3.05) is 0 Å². The van der Waals surface area contributed by atoms with Gasteiger partial charge in [0.2, 0.25) is 0 Å². The van der Waals surface area contributed by atoms with Gasteiger partial charge < -0.3 is 15.9 Å². The molecule has 0 saturated heterocycles. The smallest absolute Gasteiger partial charge is 0.305 e. The number of hydrogen-bond acceptors (Lipinski definition) is 3. The minimum absolute atomic E-state index is 0.265. The van der Waals surface area contributed by atoms with E-state index in [4.69, 9.17) is 34.0 Å². The number of aliphatic hydroxyl groups is 1. The van der Waals surface area contributed by atoms with E-state index in [1.54, 1.807) is 6.07 Å². The van der Waals surface area contributed by atoms with Crippen molar-refractivity contribution in [3.05, 3.63) is 33.8 Å². The Labute approximate surface area is 103 Å². The Bertz CT molecular complexity index is 398. The summed E-state index contributed by atoms with van der Waals surface area (Å²) in [5, 5.41) is 19.0. The first-order valence-electron chi connectivity index (χ1n) is 4.52. The van der Waals surface area contributed by atoms with Crippen LogP contribution in [0.5, 0.6) is 0 Å². The summed E-state index contributed by atoms with van der Waals surface area (Å²) >= 11 is 11.6. The molecule has 0 aliphatic rings. The summed E-state index contributed by atoms with van der Waals surface area (Å²) in [6.45, 7) is 0. The number of aliphatic carboxylic acids is 1. The van der Waals surface area contributed by atoms with E-state index in [9.17, 15) is 9.90 Å². The number of halogens is 2. The Hall–Kier alpha value is -0.810. The summed E-state index contributed by atoms with van der Waals surface area (Å²) in [7, 11) is 0. The summed E-state index contributed by atoms with van der Waals surface area (Å²) in [5.41, 5.74) is 5.91. The maximum absolute atomic E-state index is 10.4. The lowest BCUT2D eigenvalue weighted by Crippen LogP contribution is -2.31. The van der Waals surface area contributed by atoms with Gasteiger partial charge in [0.15, 0.2) is 0 Å². The Morgan fingerprint density at radius 1 is 1.44 bits per heavy atom. The molecule has 0 spiro atoms. The molecule has 16 heavy (non-hydrogen) atoms. The van der Waals surface area contributed by atoms with Gasteiger partial charge in [0.1, 0.15) is 0 Å². The molecule has 0 amide bonds. The average molecular weight is 264 g/mol. The molecular formula is C10H11Cl2NO3. The SMILES string of the molecule is NC(CC(=O)O)C(O)c1ccc(Cl)cc1Cl. The molecule has 0 heterocycles. The van der Waals surface area contributed by atoms with E-state index in [0.717, 1.165) is 0 Å². The van der Waals surface area contributed by atoms with Gasteiger partial charge in [-0.05, 0) is 12.1 Å². The summed E-state index contributed by atoms with van der Waals surface area (Å²) in [6, 6.07) is 3.64. The van der Waals surface area contributed by atoms with Gasteiger partial charge in [-0.25, -0.2) is 0 Å². The van der Waals surface area contributed by atoms with Crippen LogP contribution in [-0.4, -0.2) is 22.2 Å². The van der Waals surface area contributed by atoms with Crippen LogP contribution < -0.4 is 5.73 Å². The molecule has 0 radical (unpaired) electrons. The van der Waals surface area contributed by atoms with Gasteiger partial charge >= 0.3 is 5.97 Å². The Balaban J connectivity index is 2.87. The van der Waals surface area contributed by atoms with Gasteiger partial charge in [-0.3, -0.25) is 4.79 Å². The van der Waals surface area contributed by atoms with Gasteiger partial charge in [-0.15, -0.1) is 0 Å². The van der Waals surface area contributed by atoms with E-state index in [0.29, 0.717) is 10.6 Å². The van der Waals surface area contributed by atoms with Gasteiger partial charge in [0.25, 0.3) is 0 Å². The number of carbonyl (C=O) groups is 1. The number of nitrogens with two attached hydrogens (primary N) is 1. The van der Waals surface area contributed by atoms with Crippen LogP contribution >= 0.6 is 23.2 Å². The lowest BCUT2D eigenvalue weighted by atomic mass is 10.0. The van der Waals surface area contributed by atoms with Crippen molar-refractivity contribution < 1.29 is 15.0 Å². The predicted molar refractivity (Wildman–Crippen MR) is 61.7 cm³/mol. The largest absolute Gasteiger partial charge is 0.481 e. The molecule has 0 fully saturated rings. The third-order valence-corrected chi connectivity index (χ3v) is 2.66. The van der Waals surface area contributed by atoms with Crippen molar-refractivity contribution in [1.82, 2.24) is 0 Å². The first-order chi connectivity index (χ1) is 7.41. The molecular weight excluding hydrogens is 253 g/mol. The molecule has 2 unspecified atom stereocenters. The number of aliphatic hydroxyl groups excluding tert-OH is 1. The second-order valence-electron chi connectivity index (χ2n) is 3.37. The normalized spacial score (nSPS) is 14.5. The highest BCUT2D eigenvalue weighted by atomic mass is 35.5. The monoisotopic (exact) mass is 263 g/mol. The molecule has 1 aromatic rings. The van der Waals surface area contributed by atoms with Crippen molar-refractivity contribution in [1.29, 1.82) is 0 Å². The maximum Gasteiger partial charge on any atom is 0.305 e. The van der Waals surface area contributed by atoms with E-state index < -0.39 is 18.1 Å². The molecule has 1 rings (SSSR count). The highest BCUT2D eigenvalue weighted by Crippen LogP contribution is 2.28. The van der Waals surface area contributed by atoms with Crippen LogP contribution in [0.25, 0.3) is 0 Å². The number of carboxylic acids is 1. The second-order valence-corrected chi connectivity index (χ2v) is 4.22. The fraction of sp³-hybridized carbons (Fsp3) is 0.300. The van der Waals surface area contributed by atoms with Crippen LogP contribution in [0.2, 0.25) is 10.0 Å². The summed E-state index contributed by atoms with van der Waals surface area (Å²) in [5.74, 6) is -1.07. The average Bonchev–Trinajstić information content (AvgIpc) is 2.15. The summed E-state index contributed by atoms with van der Waals surface area (Å²) in [6.07, 6.45) is -1.46. The van der Waals surface area contributed by atoms with E-state index in [-0.39, 0.29) is 11.4 Å². The lowest BCUT2D eigenvalue weighted by Gasteiger charge is -2.18. The lowest BCUT2D eigenvalue weighted by molar-refractivity contribution is -0.138. The van der Waals surface area contributed by atoms with Crippen LogP contribution in [0.15, 0.2) is 18.2 Å². The topological polar surface area (TPSA) is 83.6 Å². The molecule has 6 heteroatoms. The van der Waals surface area contributed by atoms with Crippen molar-refractivity contribution in [3.63, 3.8) is 0 Å². The third-order valence-electron chi connectivity index (χ3n) is 2.10. The molecule has 1 aromatic carbocycles. The fourth-order valence-corrected chi connectivity index (χ4v) is 1.81. The molecule has 2 atom stereocenters. The van der Waals surface area contributed by atoms with E-state index in [1.807, 2.05) is 0 Å². The van der Waals surface area contributed by atoms with Crippen molar-refractivity contribution in [3.8, 4) is 0 Å². The zero-order chi connectivity index (χ0) is 12.3. The van der Waals surface area contributed by atoms with Crippen molar-refractivity contribution >= 4 is 29.2 Å². The highest BCUT2D eigenvalue weighted by molar-refractivity contribution is 6.35. The Kier molecular flexibility index (Phi) is 4.56. The quantitative estimate of drug-likeness (QED) is 0.774. The van der Waals surface area contributed by atoms with E-state index >= 15 is 0 Å². The van der Waals surface area contributed by atoms with Crippen LogP contribution in [0, 0.1) is 0 Å². The predicted octanol–water partition coefficient (Wildman–Crippen LogP) is 1.83. The minimum atomic E-state index is -1.12. The first-order valence-corrected chi connectivity index (χ1v) is 5.28. The highest BCUT2D eigenvalue weighted by Gasteiger charge is 2.21. The molecule has 88 valence electrons. The number of hydrogen-bond donors (Lipinski definition) is 3. The Morgan fingerprint density at radius 3 is 2.56 bits per heavy atom. The molecule has 0 saturated carbocycles. The maximum atomic E-state index is 10.4. The third kappa shape index (κ3) is 3.35. The van der Waals surface area contributed by atoms with Gasteiger partial charge in [0, 0.05) is 21.7 Å². The number of benzene rings is 1. The molecule has 0 aromatic heterocycles. The fourth-order valence-electron chi connectivity index (χ4n) is 1.29. The number of carboxylic acid groups (broad SMARTS) is 1. The van der Waals surface area contributed by atoms with Gasteiger partial charge in [-0.1, -0.05) is 29.3 Å². The van der Waals surface area contributed by atoms with Crippen LogP contribution in [-0.2, 0) is 4.79 Å².